The number of hydrogen-bond acceptors (Lipinski definition) is 2. The maximum Gasteiger partial charge on any atom is 0.122 e. The van der Waals surface area contributed by atoms with Gasteiger partial charge in [-0.1, -0.05) is 38.0 Å². The van der Waals surface area contributed by atoms with Crippen LogP contribution in [-0.2, 0) is 6.54 Å². The first-order valence-corrected chi connectivity index (χ1v) is 7.22. The minimum Gasteiger partial charge on any atom is -0.384 e. The summed E-state index contributed by atoms with van der Waals surface area (Å²) in [6.45, 7) is 8.77. The third-order valence-electron chi connectivity index (χ3n) is 3.40. The van der Waals surface area contributed by atoms with Gasteiger partial charge in [0.15, 0.2) is 0 Å². The van der Waals surface area contributed by atoms with E-state index < -0.39 is 0 Å². The van der Waals surface area contributed by atoms with E-state index in [1.807, 2.05) is 18.2 Å². The van der Waals surface area contributed by atoms with Crippen molar-refractivity contribution in [2.45, 2.75) is 52.6 Å². The van der Waals surface area contributed by atoms with Gasteiger partial charge in [-0.15, -0.1) is 0 Å². The molecule has 0 aliphatic rings. The molecule has 0 saturated heterocycles. The van der Waals surface area contributed by atoms with E-state index in [4.69, 9.17) is 11.1 Å². The largest absolute Gasteiger partial charge is 0.384 e. The molecule has 0 radical (unpaired) electrons. The van der Waals surface area contributed by atoms with Crippen molar-refractivity contribution < 1.29 is 0 Å². The molecule has 3 nitrogen and oxygen atoms in total. The summed E-state index contributed by atoms with van der Waals surface area (Å²) >= 11 is 0. The highest BCUT2D eigenvalue weighted by atomic mass is 15.1. The second kappa shape index (κ2) is 7.95. The molecule has 0 spiro atoms. The van der Waals surface area contributed by atoms with E-state index in [-0.39, 0.29) is 5.84 Å². The molecular formula is C16H27N3. The van der Waals surface area contributed by atoms with Gasteiger partial charge in [-0.25, -0.2) is 0 Å². The van der Waals surface area contributed by atoms with Crippen molar-refractivity contribution in [3.8, 4) is 0 Å². The number of hydrogen-bond donors (Lipinski definition) is 2. The number of nitrogen functional groups attached to an aromatic ring is 1. The van der Waals surface area contributed by atoms with Crippen LogP contribution in [0, 0.1) is 5.41 Å². The first kappa shape index (κ1) is 15.7. The van der Waals surface area contributed by atoms with Crippen molar-refractivity contribution in [3.05, 3.63) is 35.4 Å². The number of nitrogens with one attached hydrogen (secondary N) is 1. The van der Waals surface area contributed by atoms with Crippen LogP contribution in [0.5, 0.6) is 0 Å². The molecule has 0 aliphatic heterocycles. The molecule has 1 aromatic carbocycles. The fourth-order valence-corrected chi connectivity index (χ4v) is 2.16. The average molecular weight is 261 g/mol. The van der Waals surface area contributed by atoms with Crippen molar-refractivity contribution in [3.63, 3.8) is 0 Å². The Morgan fingerprint density at radius 2 is 2.05 bits per heavy atom. The Hall–Kier alpha value is -1.35. The van der Waals surface area contributed by atoms with Crippen LogP contribution in [-0.4, -0.2) is 23.3 Å². The second-order valence-corrected chi connectivity index (χ2v) is 5.39. The highest BCUT2D eigenvalue weighted by Gasteiger charge is 2.10. The maximum absolute atomic E-state index is 7.50. The average Bonchev–Trinajstić information content (AvgIpc) is 2.38. The van der Waals surface area contributed by atoms with Gasteiger partial charge in [0, 0.05) is 18.2 Å². The Morgan fingerprint density at radius 1 is 1.32 bits per heavy atom. The smallest absolute Gasteiger partial charge is 0.122 e. The lowest BCUT2D eigenvalue weighted by atomic mass is 10.1. The monoisotopic (exact) mass is 261 g/mol. The SMILES string of the molecule is CCCCCN(Cc1cccc(C(=N)N)c1)C(C)C. The summed E-state index contributed by atoms with van der Waals surface area (Å²) < 4.78 is 0. The lowest BCUT2D eigenvalue weighted by Gasteiger charge is -2.26. The summed E-state index contributed by atoms with van der Waals surface area (Å²) in [7, 11) is 0. The van der Waals surface area contributed by atoms with Crippen LogP contribution in [0.15, 0.2) is 24.3 Å². The third-order valence-corrected chi connectivity index (χ3v) is 3.40. The zero-order chi connectivity index (χ0) is 14.3. The van der Waals surface area contributed by atoms with Crippen LogP contribution < -0.4 is 5.73 Å². The second-order valence-electron chi connectivity index (χ2n) is 5.39. The normalized spacial score (nSPS) is 11.2. The number of rotatable bonds is 8. The van der Waals surface area contributed by atoms with E-state index in [9.17, 15) is 0 Å². The summed E-state index contributed by atoms with van der Waals surface area (Å²) in [6.07, 6.45) is 3.80. The summed E-state index contributed by atoms with van der Waals surface area (Å²) in [5.74, 6) is 0.143. The van der Waals surface area contributed by atoms with Gasteiger partial charge in [-0.2, -0.15) is 0 Å². The summed E-state index contributed by atoms with van der Waals surface area (Å²) in [4.78, 5) is 2.48. The molecule has 0 bridgehead atoms. The van der Waals surface area contributed by atoms with Crippen molar-refractivity contribution in [2.75, 3.05) is 6.54 Å². The zero-order valence-electron chi connectivity index (χ0n) is 12.4. The predicted molar refractivity (Wildman–Crippen MR) is 82.5 cm³/mol. The van der Waals surface area contributed by atoms with Crippen molar-refractivity contribution in [1.29, 1.82) is 5.41 Å². The van der Waals surface area contributed by atoms with Crippen LogP contribution in [0.25, 0.3) is 0 Å². The van der Waals surface area contributed by atoms with Crippen LogP contribution >= 0.6 is 0 Å². The standard InChI is InChI=1S/C16H27N3/c1-4-5-6-10-19(13(2)3)12-14-8-7-9-15(11-14)16(17)18/h7-9,11,13H,4-6,10,12H2,1-3H3,(H3,17,18). The van der Waals surface area contributed by atoms with Gasteiger partial charge in [0.25, 0.3) is 0 Å². The first-order valence-electron chi connectivity index (χ1n) is 7.22. The fourth-order valence-electron chi connectivity index (χ4n) is 2.16. The Labute approximate surface area is 117 Å². The van der Waals surface area contributed by atoms with Crippen molar-refractivity contribution in [2.24, 2.45) is 5.73 Å². The van der Waals surface area contributed by atoms with Crippen LogP contribution in [0.1, 0.15) is 51.2 Å². The molecule has 3 N–H and O–H groups in total. The number of unbranched alkanes of at least 4 members (excludes halogenated alkanes) is 2. The number of benzene rings is 1. The molecule has 0 saturated carbocycles. The molecule has 0 heterocycles. The van der Waals surface area contributed by atoms with E-state index in [2.05, 4.69) is 31.7 Å². The molecule has 0 atom stereocenters. The number of amidine groups is 1. The molecule has 1 aromatic rings. The van der Waals surface area contributed by atoms with Crippen LogP contribution in [0.4, 0.5) is 0 Å². The minimum atomic E-state index is 0.143. The molecule has 106 valence electrons. The lowest BCUT2D eigenvalue weighted by molar-refractivity contribution is 0.208. The lowest BCUT2D eigenvalue weighted by Crippen LogP contribution is -2.31. The van der Waals surface area contributed by atoms with E-state index >= 15 is 0 Å². The molecule has 0 aromatic heterocycles. The van der Waals surface area contributed by atoms with E-state index in [1.165, 1.54) is 24.8 Å². The summed E-state index contributed by atoms with van der Waals surface area (Å²) in [6, 6.07) is 8.55. The predicted octanol–water partition coefficient (Wildman–Crippen LogP) is 3.37. The van der Waals surface area contributed by atoms with Gasteiger partial charge < -0.3 is 5.73 Å². The molecule has 0 unspecified atom stereocenters. The van der Waals surface area contributed by atoms with Gasteiger partial charge >= 0.3 is 0 Å². The minimum absolute atomic E-state index is 0.143. The molecule has 0 fully saturated rings. The van der Waals surface area contributed by atoms with Crippen LogP contribution in [0.2, 0.25) is 0 Å². The van der Waals surface area contributed by atoms with E-state index in [0.717, 1.165) is 18.7 Å². The molecular weight excluding hydrogens is 234 g/mol. The number of nitrogens with zero attached hydrogens (tertiary/aromatic N) is 1. The van der Waals surface area contributed by atoms with Gasteiger partial charge in [0.05, 0.1) is 0 Å². The number of nitrogens with two attached hydrogens (primary N) is 1. The molecule has 0 aliphatic carbocycles. The third kappa shape index (κ3) is 5.43. The zero-order valence-corrected chi connectivity index (χ0v) is 12.4. The van der Waals surface area contributed by atoms with Gasteiger partial charge in [0.2, 0.25) is 0 Å². The Balaban J connectivity index is 2.67. The van der Waals surface area contributed by atoms with E-state index in [0.29, 0.717) is 6.04 Å². The molecule has 3 heteroatoms. The molecule has 19 heavy (non-hydrogen) atoms. The molecule has 1 rings (SSSR count). The van der Waals surface area contributed by atoms with E-state index in [1.54, 1.807) is 0 Å². The van der Waals surface area contributed by atoms with Crippen molar-refractivity contribution in [1.82, 2.24) is 4.90 Å². The van der Waals surface area contributed by atoms with Crippen LogP contribution in [0.3, 0.4) is 0 Å². The summed E-state index contributed by atoms with van der Waals surface area (Å²) in [5, 5.41) is 7.50. The Morgan fingerprint density at radius 3 is 2.63 bits per heavy atom. The first-order chi connectivity index (χ1) is 9.04. The Bertz CT molecular complexity index is 399. The van der Waals surface area contributed by atoms with Gasteiger partial charge in [0.1, 0.15) is 5.84 Å². The Kier molecular flexibility index (Phi) is 6.57. The van der Waals surface area contributed by atoms with Gasteiger partial charge in [-0.05, 0) is 38.4 Å². The quantitative estimate of drug-likeness (QED) is 0.428. The fraction of sp³-hybridized carbons (Fsp3) is 0.562. The topological polar surface area (TPSA) is 53.1 Å². The highest BCUT2D eigenvalue weighted by molar-refractivity contribution is 5.95. The summed E-state index contributed by atoms with van der Waals surface area (Å²) in [5.41, 5.74) is 7.59. The maximum atomic E-state index is 7.50. The highest BCUT2D eigenvalue weighted by Crippen LogP contribution is 2.12. The van der Waals surface area contributed by atoms with Gasteiger partial charge in [-0.3, -0.25) is 10.3 Å². The van der Waals surface area contributed by atoms with Crippen molar-refractivity contribution >= 4 is 5.84 Å². The molecule has 0 amide bonds.